The Morgan fingerprint density at radius 1 is 1.19 bits per heavy atom. The van der Waals surface area contributed by atoms with Gasteiger partial charge in [-0.05, 0) is 43.7 Å². The average molecular weight is 352 g/mol. The van der Waals surface area contributed by atoms with Crippen LogP contribution < -0.4 is 9.64 Å². The monoisotopic (exact) mass is 352 g/mol. The maximum absolute atomic E-state index is 5.92. The van der Waals surface area contributed by atoms with Gasteiger partial charge in [0.1, 0.15) is 5.52 Å². The van der Waals surface area contributed by atoms with Crippen molar-refractivity contribution in [3.05, 3.63) is 42.0 Å². The normalized spacial score (nSPS) is 15.5. The fourth-order valence-corrected chi connectivity index (χ4v) is 3.50. The summed E-state index contributed by atoms with van der Waals surface area (Å²) in [6.07, 6.45) is 8.61. The van der Waals surface area contributed by atoms with E-state index in [1.807, 2.05) is 42.2 Å². The number of fused-ring (bicyclic) bond motifs is 1. The van der Waals surface area contributed by atoms with E-state index >= 15 is 0 Å². The highest BCUT2D eigenvalue weighted by Gasteiger charge is 2.22. The first-order valence-electron chi connectivity index (χ1n) is 9.24. The highest BCUT2D eigenvalue weighted by Crippen LogP contribution is 2.25. The molecule has 0 N–H and O–H groups in total. The van der Waals surface area contributed by atoms with E-state index in [-0.39, 0.29) is 0 Å². The second-order valence-electron chi connectivity index (χ2n) is 6.80. The van der Waals surface area contributed by atoms with Gasteiger partial charge in [0.05, 0.1) is 18.5 Å². The highest BCUT2D eigenvalue weighted by molar-refractivity contribution is 5.68. The number of aryl methyl sites for hydroxylation is 2. The van der Waals surface area contributed by atoms with Crippen molar-refractivity contribution in [2.24, 2.45) is 5.92 Å². The molecule has 3 aromatic heterocycles. The van der Waals surface area contributed by atoms with Crippen LogP contribution >= 0.6 is 0 Å². The number of piperidine rings is 1. The maximum atomic E-state index is 5.92. The number of anilines is 1. The zero-order chi connectivity index (χ0) is 17.9. The molecule has 1 saturated heterocycles. The molecule has 136 valence electrons. The Bertz CT molecular complexity index is 885. The second kappa shape index (κ2) is 7.27. The van der Waals surface area contributed by atoms with Crippen LogP contribution in [0, 0.1) is 12.8 Å². The van der Waals surface area contributed by atoms with E-state index in [1.54, 1.807) is 0 Å². The van der Waals surface area contributed by atoms with Gasteiger partial charge in [0.15, 0.2) is 5.82 Å². The van der Waals surface area contributed by atoms with E-state index in [2.05, 4.69) is 32.1 Å². The third kappa shape index (κ3) is 3.34. The summed E-state index contributed by atoms with van der Waals surface area (Å²) in [5.41, 5.74) is 3.24. The molecule has 0 amide bonds. The molecule has 0 saturated carbocycles. The molecule has 0 atom stereocenters. The number of hydrogen-bond donors (Lipinski definition) is 0. The summed E-state index contributed by atoms with van der Waals surface area (Å²) in [6.45, 7) is 6.76. The lowest BCUT2D eigenvalue weighted by atomic mass is 9.98. The Morgan fingerprint density at radius 2 is 2.04 bits per heavy atom. The predicted octanol–water partition coefficient (Wildman–Crippen LogP) is 2.69. The van der Waals surface area contributed by atoms with Gasteiger partial charge >= 0.3 is 0 Å². The predicted molar refractivity (Wildman–Crippen MR) is 99.6 cm³/mol. The molecule has 26 heavy (non-hydrogen) atoms. The van der Waals surface area contributed by atoms with Crippen LogP contribution in [0.2, 0.25) is 0 Å². The number of rotatable bonds is 5. The third-order valence-corrected chi connectivity index (χ3v) is 5.13. The summed E-state index contributed by atoms with van der Waals surface area (Å²) in [5, 5.41) is 12.6. The van der Waals surface area contributed by atoms with Crippen LogP contribution in [-0.4, -0.2) is 44.5 Å². The minimum absolute atomic E-state index is 0.532. The Balaban J connectivity index is 1.35. The zero-order valence-electron chi connectivity index (χ0n) is 15.3. The Labute approximate surface area is 153 Å². The molecular formula is C19H24N6O. The van der Waals surface area contributed by atoms with Gasteiger partial charge in [-0.15, -0.1) is 5.10 Å². The summed E-state index contributed by atoms with van der Waals surface area (Å²) >= 11 is 0. The van der Waals surface area contributed by atoms with Gasteiger partial charge in [-0.25, -0.2) is 9.50 Å². The van der Waals surface area contributed by atoms with Crippen molar-refractivity contribution in [3.8, 4) is 5.88 Å². The maximum Gasteiger partial charge on any atom is 0.233 e. The van der Waals surface area contributed by atoms with E-state index < -0.39 is 0 Å². The van der Waals surface area contributed by atoms with E-state index in [0.29, 0.717) is 18.4 Å². The minimum atomic E-state index is 0.532. The molecule has 7 heteroatoms. The first kappa shape index (κ1) is 16.8. The van der Waals surface area contributed by atoms with Crippen LogP contribution in [0.25, 0.3) is 5.52 Å². The van der Waals surface area contributed by atoms with Gasteiger partial charge in [-0.2, -0.15) is 10.2 Å². The van der Waals surface area contributed by atoms with Crippen LogP contribution in [-0.2, 0) is 6.42 Å². The lowest BCUT2D eigenvalue weighted by Crippen LogP contribution is -2.36. The Hall–Kier alpha value is -2.70. The minimum Gasteiger partial charge on any atom is -0.476 e. The molecule has 0 aliphatic carbocycles. The van der Waals surface area contributed by atoms with E-state index in [4.69, 9.17) is 4.74 Å². The zero-order valence-corrected chi connectivity index (χ0v) is 15.3. The number of ether oxygens (including phenoxy) is 1. The van der Waals surface area contributed by atoms with Gasteiger partial charge in [0.25, 0.3) is 0 Å². The van der Waals surface area contributed by atoms with Gasteiger partial charge < -0.3 is 9.64 Å². The summed E-state index contributed by atoms with van der Waals surface area (Å²) in [7, 11) is 0. The molecule has 0 aromatic carbocycles. The fraction of sp³-hybridized carbons (Fsp3) is 0.474. The summed E-state index contributed by atoms with van der Waals surface area (Å²) < 4.78 is 7.79. The largest absolute Gasteiger partial charge is 0.476 e. The van der Waals surface area contributed by atoms with Crippen molar-refractivity contribution in [1.29, 1.82) is 0 Å². The molecule has 0 spiro atoms. The van der Waals surface area contributed by atoms with Gasteiger partial charge in [-0.3, -0.25) is 0 Å². The lowest BCUT2D eigenvalue weighted by molar-refractivity contribution is 0.214. The molecule has 4 rings (SSSR count). The number of aromatic nitrogens is 5. The molecule has 0 bridgehead atoms. The van der Waals surface area contributed by atoms with Crippen LogP contribution in [0.4, 0.5) is 5.82 Å². The lowest BCUT2D eigenvalue weighted by Gasteiger charge is -2.32. The number of hydrogen-bond acceptors (Lipinski definition) is 6. The van der Waals surface area contributed by atoms with Gasteiger partial charge in [0, 0.05) is 31.5 Å². The first-order chi connectivity index (χ1) is 12.7. The standard InChI is InChI=1S/C19H24N6O/c1-3-16-12-18(23-22-14(16)2)26-13-15-5-9-24(10-6-15)19-17-4-7-21-25(17)11-8-20-19/h4,7-8,11-12,15H,3,5-6,9-10,13H2,1-2H3. The quantitative estimate of drug-likeness (QED) is 0.703. The molecule has 1 aliphatic rings. The fourth-order valence-electron chi connectivity index (χ4n) is 3.50. The van der Waals surface area contributed by atoms with Gasteiger partial charge in [-0.1, -0.05) is 6.92 Å². The molecular weight excluding hydrogens is 328 g/mol. The molecule has 0 radical (unpaired) electrons. The first-order valence-corrected chi connectivity index (χ1v) is 9.24. The van der Waals surface area contributed by atoms with Gasteiger partial charge in [0.2, 0.25) is 5.88 Å². The van der Waals surface area contributed by atoms with Crippen LogP contribution in [0.15, 0.2) is 30.7 Å². The second-order valence-corrected chi connectivity index (χ2v) is 6.80. The molecule has 0 unspecified atom stereocenters. The van der Waals surface area contributed by atoms with E-state index in [1.165, 1.54) is 5.56 Å². The van der Waals surface area contributed by atoms with E-state index in [0.717, 1.165) is 49.4 Å². The molecule has 1 aliphatic heterocycles. The van der Waals surface area contributed by atoms with Crippen molar-refractivity contribution in [2.75, 3.05) is 24.6 Å². The van der Waals surface area contributed by atoms with Crippen molar-refractivity contribution in [3.63, 3.8) is 0 Å². The topological polar surface area (TPSA) is 68.4 Å². The summed E-state index contributed by atoms with van der Waals surface area (Å²) in [4.78, 5) is 6.91. The third-order valence-electron chi connectivity index (χ3n) is 5.13. The molecule has 3 aromatic rings. The highest BCUT2D eigenvalue weighted by atomic mass is 16.5. The Kier molecular flexibility index (Phi) is 4.69. The van der Waals surface area contributed by atoms with Crippen LogP contribution in [0.5, 0.6) is 5.88 Å². The Morgan fingerprint density at radius 3 is 2.85 bits per heavy atom. The van der Waals surface area contributed by atoms with Crippen molar-refractivity contribution < 1.29 is 4.74 Å². The van der Waals surface area contributed by atoms with Crippen molar-refractivity contribution in [2.45, 2.75) is 33.1 Å². The van der Waals surface area contributed by atoms with Crippen LogP contribution in [0.3, 0.4) is 0 Å². The summed E-state index contributed by atoms with van der Waals surface area (Å²) in [5.74, 6) is 2.19. The average Bonchev–Trinajstić information content (AvgIpc) is 3.17. The molecule has 1 fully saturated rings. The smallest absolute Gasteiger partial charge is 0.233 e. The van der Waals surface area contributed by atoms with E-state index in [9.17, 15) is 0 Å². The van der Waals surface area contributed by atoms with Crippen molar-refractivity contribution >= 4 is 11.3 Å². The molecule has 7 nitrogen and oxygen atoms in total. The summed E-state index contributed by atoms with van der Waals surface area (Å²) in [6, 6.07) is 4.03. The molecule has 4 heterocycles. The number of nitrogens with zero attached hydrogens (tertiary/aromatic N) is 6. The van der Waals surface area contributed by atoms with Crippen molar-refractivity contribution in [1.82, 2.24) is 24.8 Å². The van der Waals surface area contributed by atoms with Crippen LogP contribution in [0.1, 0.15) is 31.0 Å². The SMILES string of the molecule is CCc1cc(OCC2CCN(c3nccn4nccc34)CC2)nnc1C.